The van der Waals surface area contributed by atoms with Crippen molar-refractivity contribution in [2.24, 2.45) is 5.92 Å². The first kappa shape index (κ1) is 12.1. The highest BCUT2D eigenvalue weighted by Gasteiger charge is 2.41. The van der Waals surface area contributed by atoms with E-state index in [9.17, 15) is 9.90 Å². The molecule has 0 saturated carbocycles. The SMILES string of the molecule is O=C(O)C1C=CC=CC1(CBr)c1ccccc1. The lowest BCUT2D eigenvalue weighted by atomic mass is 9.69. The molecular formula is C14H13BrO2. The molecule has 0 saturated heterocycles. The van der Waals surface area contributed by atoms with Gasteiger partial charge in [-0.3, -0.25) is 4.79 Å². The van der Waals surface area contributed by atoms with Gasteiger partial charge in [0.05, 0.1) is 5.92 Å². The van der Waals surface area contributed by atoms with Gasteiger partial charge in [0.25, 0.3) is 0 Å². The number of halogens is 1. The number of hydrogen-bond acceptors (Lipinski definition) is 1. The lowest BCUT2D eigenvalue weighted by molar-refractivity contribution is -0.141. The second-order valence-electron chi connectivity index (χ2n) is 4.10. The Labute approximate surface area is 109 Å². The second kappa shape index (κ2) is 4.88. The van der Waals surface area contributed by atoms with Crippen LogP contribution in [0.1, 0.15) is 5.56 Å². The topological polar surface area (TPSA) is 37.3 Å². The minimum atomic E-state index is -0.797. The van der Waals surface area contributed by atoms with Crippen molar-refractivity contribution < 1.29 is 9.90 Å². The van der Waals surface area contributed by atoms with Crippen LogP contribution in [0, 0.1) is 5.92 Å². The van der Waals surface area contributed by atoms with Crippen LogP contribution in [-0.4, -0.2) is 16.4 Å². The zero-order valence-electron chi connectivity index (χ0n) is 9.21. The molecule has 88 valence electrons. The molecular weight excluding hydrogens is 280 g/mol. The molecule has 2 nitrogen and oxygen atoms in total. The molecule has 1 aromatic rings. The highest BCUT2D eigenvalue weighted by molar-refractivity contribution is 9.09. The van der Waals surface area contributed by atoms with Gasteiger partial charge >= 0.3 is 5.97 Å². The molecule has 2 rings (SSSR count). The van der Waals surface area contributed by atoms with Crippen molar-refractivity contribution in [1.82, 2.24) is 0 Å². The molecule has 0 fully saturated rings. The maximum Gasteiger partial charge on any atom is 0.311 e. The summed E-state index contributed by atoms with van der Waals surface area (Å²) in [6, 6.07) is 9.75. The Bertz CT molecular complexity index is 464. The Morgan fingerprint density at radius 1 is 1.29 bits per heavy atom. The molecule has 1 aliphatic rings. The molecule has 0 heterocycles. The summed E-state index contributed by atoms with van der Waals surface area (Å²) in [6.45, 7) is 0. The third-order valence-electron chi connectivity index (χ3n) is 3.16. The number of allylic oxidation sites excluding steroid dienone is 3. The fourth-order valence-electron chi connectivity index (χ4n) is 2.21. The van der Waals surface area contributed by atoms with Crippen LogP contribution in [-0.2, 0) is 10.2 Å². The van der Waals surface area contributed by atoms with Gasteiger partial charge in [0.15, 0.2) is 0 Å². The van der Waals surface area contributed by atoms with Crippen molar-refractivity contribution in [1.29, 1.82) is 0 Å². The molecule has 3 heteroatoms. The Kier molecular flexibility index (Phi) is 3.48. The van der Waals surface area contributed by atoms with Gasteiger partial charge in [-0.1, -0.05) is 70.6 Å². The number of rotatable bonds is 3. The van der Waals surface area contributed by atoms with E-state index >= 15 is 0 Å². The largest absolute Gasteiger partial charge is 0.481 e. The average Bonchev–Trinajstić information content (AvgIpc) is 2.39. The number of hydrogen-bond donors (Lipinski definition) is 1. The third-order valence-corrected chi connectivity index (χ3v) is 4.09. The molecule has 2 unspecified atom stereocenters. The smallest absolute Gasteiger partial charge is 0.311 e. The molecule has 0 aromatic heterocycles. The number of carboxylic acid groups (broad SMARTS) is 1. The van der Waals surface area contributed by atoms with E-state index < -0.39 is 17.3 Å². The summed E-state index contributed by atoms with van der Waals surface area (Å²) in [5.41, 5.74) is 0.520. The number of carbonyl (C=O) groups is 1. The maximum atomic E-state index is 11.4. The second-order valence-corrected chi connectivity index (χ2v) is 4.66. The van der Waals surface area contributed by atoms with Crippen molar-refractivity contribution in [2.75, 3.05) is 5.33 Å². The molecule has 2 atom stereocenters. The van der Waals surface area contributed by atoms with Crippen molar-refractivity contribution in [3.8, 4) is 0 Å². The van der Waals surface area contributed by atoms with Crippen LogP contribution < -0.4 is 0 Å². The van der Waals surface area contributed by atoms with E-state index in [4.69, 9.17) is 0 Å². The molecule has 0 aliphatic heterocycles. The van der Waals surface area contributed by atoms with Crippen molar-refractivity contribution in [2.45, 2.75) is 5.41 Å². The fraction of sp³-hybridized carbons (Fsp3) is 0.214. The van der Waals surface area contributed by atoms with Gasteiger partial charge in [-0.25, -0.2) is 0 Å². The van der Waals surface area contributed by atoms with E-state index in [0.717, 1.165) is 5.56 Å². The molecule has 0 bridgehead atoms. The highest BCUT2D eigenvalue weighted by atomic mass is 79.9. The fourth-order valence-corrected chi connectivity index (χ4v) is 3.07. The first-order valence-electron chi connectivity index (χ1n) is 5.41. The Balaban J connectivity index is 2.53. The van der Waals surface area contributed by atoms with Crippen LogP contribution in [0.3, 0.4) is 0 Å². The van der Waals surface area contributed by atoms with E-state index in [1.54, 1.807) is 12.2 Å². The summed E-state index contributed by atoms with van der Waals surface area (Å²) in [5, 5.41) is 9.95. The van der Waals surface area contributed by atoms with Gasteiger partial charge in [0.1, 0.15) is 0 Å². The Morgan fingerprint density at radius 2 is 2.00 bits per heavy atom. The van der Waals surface area contributed by atoms with E-state index in [1.807, 2.05) is 42.5 Å². The van der Waals surface area contributed by atoms with E-state index in [2.05, 4.69) is 15.9 Å². The molecule has 1 aliphatic carbocycles. The van der Waals surface area contributed by atoms with Crippen LogP contribution in [0.2, 0.25) is 0 Å². The summed E-state index contributed by atoms with van der Waals surface area (Å²) in [7, 11) is 0. The molecule has 0 radical (unpaired) electrons. The predicted molar refractivity (Wildman–Crippen MR) is 71.3 cm³/mol. The van der Waals surface area contributed by atoms with Gasteiger partial charge in [0.2, 0.25) is 0 Å². The summed E-state index contributed by atoms with van der Waals surface area (Å²) in [4.78, 5) is 11.4. The van der Waals surface area contributed by atoms with Gasteiger partial charge < -0.3 is 5.11 Å². The quantitative estimate of drug-likeness (QED) is 0.869. The Morgan fingerprint density at radius 3 is 2.59 bits per heavy atom. The first-order valence-corrected chi connectivity index (χ1v) is 6.53. The van der Waals surface area contributed by atoms with E-state index in [-0.39, 0.29) is 0 Å². The highest BCUT2D eigenvalue weighted by Crippen LogP contribution is 2.39. The monoisotopic (exact) mass is 292 g/mol. The number of benzene rings is 1. The van der Waals surface area contributed by atoms with Crippen molar-refractivity contribution in [3.05, 3.63) is 60.2 Å². The number of aliphatic carboxylic acids is 1. The predicted octanol–water partition coefficient (Wildman–Crippen LogP) is 3.15. The lowest BCUT2D eigenvalue weighted by Crippen LogP contribution is -2.39. The molecule has 0 spiro atoms. The zero-order valence-corrected chi connectivity index (χ0v) is 10.8. The normalized spacial score (nSPS) is 27.0. The lowest BCUT2D eigenvalue weighted by Gasteiger charge is -2.35. The molecule has 1 aromatic carbocycles. The summed E-state index contributed by atoms with van der Waals surface area (Å²) < 4.78 is 0. The van der Waals surface area contributed by atoms with Crippen LogP contribution in [0.4, 0.5) is 0 Å². The zero-order chi connectivity index (χ0) is 12.3. The van der Waals surface area contributed by atoms with Crippen LogP contribution in [0.25, 0.3) is 0 Å². The minimum absolute atomic E-state index is 0.498. The summed E-state index contributed by atoms with van der Waals surface area (Å²) >= 11 is 3.47. The molecule has 1 N–H and O–H groups in total. The van der Waals surface area contributed by atoms with Gasteiger partial charge in [-0.15, -0.1) is 0 Å². The van der Waals surface area contributed by atoms with Gasteiger partial charge in [-0.2, -0.15) is 0 Å². The number of alkyl halides is 1. The van der Waals surface area contributed by atoms with E-state index in [1.165, 1.54) is 0 Å². The van der Waals surface area contributed by atoms with Crippen LogP contribution in [0.5, 0.6) is 0 Å². The number of carboxylic acids is 1. The molecule has 17 heavy (non-hydrogen) atoms. The Hall–Kier alpha value is -1.35. The summed E-state index contributed by atoms with van der Waals surface area (Å²) in [6.07, 6.45) is 7.42. The van der Waals surface area contributed by atoms with Gasteiger partial charge in [-0.05, 0) is 5.56 Å². The van der Waals surface area contributed by atoms with Crippen LogP contribution in [0.15, 0.2) is 54.6 Å². The van der Waals surface area contributed by atoms with E-state index in [0.29, 0.717) is 5.33 Å². The molecule has 0 amide bonds. The van der Waals surface area contributed by atoms with Crippen molar-refractivity contribution >= 4 is 21.9 Å². The third kappa shape index (κ3) is 2.07. The maximum absolute atomic E-state index is 11.4. The minimum Gasteiger partial charge on any atom is -0.481 e. The standard InChI is InChI=1S/C14H13BrO2/c15-10-14(11-6-2-1-3-7-11)9-5-4-8-12(14)13(16)17/h1-9,12H,10H2,(H,16,17). The first-order chi connectivity index (χ1) is 8.20. The van der Waals surface area contributed by atoms with Crippen LogP contribution >= 0.6 is 15.9 Å². The van der Waals surface area contributed by atoms with Gasteiger partial charge in [0, 0.05) is 10.7 Å². The summed E-state index contributed by atoms with van der Waals surface area (Å²) in [5.74, 6) is -1.33. The average molecular weight is 293 g/mol. The van der Waals surface area contributed by atoms with Crippen molar-refractivity contribution in [3.63, 3.8) is 0 Å².